The predicted molar refractivity (Wildman–Crippen MR) is 132 cm³/mol. The van der Waals surface area contributed by atoms with Crippen molar-refractivity contribution in [2.45, 2.75) is 38.1 Å². The van der Waals surface area contributed by atoms with Gasteiger partial charge >= 0.3 is 11.7 Å². The third kappa shape index (κ3) is 4.87. The summed E-state index contributed by atoms with van der Waals surface area (Å²) in [5, 5.41) is 5.93. The first kappa shape index (κ1) is 23.0. The number of piperazine rings is 1. The number of piperidine rings is 1. The van der Waals surface area contributed by atoms with Crippen LogP contribution in [0.2, 0.25) is 0 Å². The first-order chi connectivity index (χ1) is 16.5. The number of amides is 2. The van der Waals surface area contributed by atoms with Crippen molar-refractivity contribution in [1.82, 2.24) is 24.7 Å². The van der Waals surface area contributed by atoms with Crippen molar-refractivity contribution in [3.8, 4) is 5.69 Å². The molecule has 9 nitrogen and oxygen atoms in total. The molecule has 1 aromatic heterocycles. The Morgan fingerprint density at radius 3 is 2.44 bits per heavy atom. The highest BCUT2D eigenvalue weighted by molar-refractivity contribution is 5.88. The monoisotopic (exact) mass is 465 g/mol. The Kier molecular flexibility index (Phi) is 6.67. The second-order valence-corrected chi connectivity index (χ2v) is 9.90. The Morgan fingerprint density at radius 1 is 1.09 bits per heavy atom. The summed E-state index contributed by atoms with van der Waals surface area (Å²) in [6, 6.07) is 9.91. The van der Waals surface area contributed by atoms with Gasteiger partial charge in [0.25, 0.3) is 0 Å². The van der Waals surface area contributed by atoms with E-state index < -0.39 is 5.69 Å². The van der Waals surface area contributed by atoms with Gasteiger partial charge in [-0.25, -0.2) is 9.59 Å². The van der Waals surface area contributed by atoms with Crippen LogP contribution in [-0.2, 0) is 6.42 Å². The standard InChI is InChI=1S/C25H35N7O2/c26-21-5-8-25(21)9-15-30(16-10-25)13-6-19-1-3-20(4-2-19)32-14-7-22(29-24(32)34)28-23(33)31-17-11-27-12-18-31/h1-4,7,14,21,27H,5-6,8-13,15-18,26H2,(H,28,29,33,34). The van der Waals surface area contributed by atoms with Gasteiger partial charge in [0.2, 0.25) is 0 Å². The van der Waals surface area contributed by atoms with Gasteiger partial charge in [-0.15, -0.1) is 0 Å². The zero-order chi connectivity index (χ0) is 23.5. The SMILES string of the molecule is NC1CCC12CCN(CCc1ccc(-n3ccc(NC(=O)N4CCNCC4)nc3=O)cc1)CC2. The van der Waals surface area contributed by atoms with E-state index in [0.717, 1.165) is 44.8 Å². The molecule has 182 valence electrons. The van der Waals surface area contributed by atoms with E-state index >= 15 is 0 Å². The van der Waals surface area contributed by atoms with Crippen LogP contribution in [0.5, 0.6) is 0 Å². The molecule has 0 bridgehead atoms. The van der Waals surface area contributed by atoms with E-state index in [4.69, 9.17) is 5.73 Å². The number of urea groups is 1. The van der Waals surface area contributed by atoms with E-state index in [2.05, 4.69) is 32.7 Å². The number of carbonyl (C=O) groups is 1. The number of rotatable bonds is 5. The van der Waals surface area contributed by atoms with Crippen LogP contribution in [0.3, 0.4) is 0 Å². The normalized spacial score (nSPS) is 22.4. The zero-order valence-electron chi connectivity index (χ0n) is 19.7. The van der Waals surface area contributed by atoms with Crippen molar-refractivity contribution < 1.29 is 4.79 Å². The van der Waals surface area contributed by atoms with Gasteiger partial charge in [-0.3, -0.25) is 9.88 Å². The number of hydrogen-bond acceptors (Lipinski definition) is 6. The van der Waals surface area contributed by atoms with Crippen molar-refractivity contribution in [2.75, 3.05) is 51.1 Å². The fraction of sp³-hybridized carbons (Fsp3) is 0.560. The Hall–Kier alpha value is -2.75. The van der Waals surface area contributed by atoms with Gasteiger partial charge in [0.1, 0.15) is 5.82 Å². The van der Waals surface area contributed by atoms with Crippen LogP contribution in [0.15, 0.2) is 41.3 Å². The molecule has 2 aromatic rings. The molecule has 4 N–H and O–H groups in total. The molecule has 3 heterocycles. The number of likely N-dealkylation sites (tertiary alicyclic amines) is 1. The van der Waals surface area contributed by atoms with Crippen LogP contribution in [0, 0.1) is 5.41 Å². The van der Waals surface area contributed by atoms with Crippen molar-refractivity contribution in [1.29, 1.82) is 0 Å². The molecular formula is C25H35N7O2. The topological polar surface area (TPSA) is 109 Å². The lowest BCUT2D eigenvalue weighted by atomic mass is 9.60. The number of benzene rings is 1. The van der Waals surface area contributed by atoms with Gasteiger partial charge in [-0.05, 0) is 74.4 Å². The second kappa shape index (κ2) is 9.85. The molecule has 2 aliphatic heterocycles. The third-order valence-corrected chi connectivity index (χ3v) is 7.97. The van der Waals surface area contributed by atoms with Crippen LogP contribution in [0.4, 0.5) is 10.6 Å². The molecule has 0 radical (unpaired) electrons. The maximum absolute atomic E-state index is 12.6. The molecule has 1 atom stereocenters. The van der Waals surface area contributed by atoms with Crippen LogP contribution in [0.1, 0.15) is 31.2 Å². The average molecular weight is 466 g/mol. The number of aromatic nitrogens is 2. The van der Waals surface area contributed by atoms with E-state index in [0.29, 0.717) is 24.5 Å². The molecule has 2 saturated heterocycles. The highest BCUT2D eigenvalue weighted by Crippen LogP contribution is 2.47. The van der Waals surface area contributed by atoms with Crippen LogP contribution < -0.4 is 22.1 Å². The summed E-state index contributed by atoms with van der Waals surface area (Å²) in [5.74, 6) is 0.271. The minimum absolute atomic E-state index is 0.227. The lowest BCUT2D eigenvalue weighted by Gasteiger charge is -2.52. The van der Waals surface area contributed by atoms with E-state index in [1.54, 1.807) is 17.2 Å². The largest absolute Gasteiger partial charge is 0.354 e. The summed E-state index contributed by atoms with van der Waals surface area (Å²) < 4.78 is 1.50. The van der Waals surface area contributed by atoms with Crippen LogP contribution in [0.25, 0.3) is 5.69 Å². The van der Waals surface area contributed by atoms with Gasteiger partial charge in [-0.2, -0.15) is 4.98 Å². The predicted octanol–water partition coefficient (Wildman–Crippen LogP) is 1.42. The Balaban J connectivity index is 1.14. The smallest absolute Gasteiger partial charge is 0.327 e. The first-order valence-electron chi connectivity index (χ1n) is 12.5. The number of hydrogen-bond donors (Lipinski definition) is 3. The molecule has 1 saturated carbocycles. The quantitative estimate of drug-likeness (QED) is 0.616. The van der Waals surface area contributed by atoms with Gasteiger partial charge in [-0.1, -0.05) is 12.1 Å². The number of carbonyl (C=O) groups excluding carboxylic acids is 1. The summed E-state index contributed by atoms with van der Waals surface area (Å²) in [7, 11) is 0. The Labute approximate surface area is 200 Å². The Morgan fingerprint density at radius 2 is 1.82 bits per heavy atom. The summed E-state index contributed by atoms with van der Waals surface area (Å²) in [5.41, 5.74) is 8.30. The maximum atomic E-state index is 12.6. The van der Waals surface area contributed by atoms with Crippen molar-refractivity contribution >= 4 is 11.8 Å². The van der Waals surface area contributed by atoms with Gasteiger partial charge in [0.15, 0.2) is 0 Å². The van der Waals surface area contributed by atoms with E-state index in [1.807, 2.05) is 12.1 Å². The first-order valence-corrected chi connectivity index (χ1v) is 12.5. The van der Waals surface area contributed by atoms with Crippen molar-refractivity contribution in [3.63, 3.8) is 0 Å². The average Bonchev–Trinajstić information content (AvgIpc) is 2.88. The zero-order valence-corrected chi connectivity index (χ0v) is 19.7. The molecule has 9 heteroatoms. The molecule has 1 spiro atoms. The molecule has 1 unspecified atom stereocenters. The number of nitrogens with zero attached hydrogens (tertiary/aromatic N) is 4. The lowest BCUT2D eigenvalue weighted by molar-refractivity contribution is 0.0106. The second-order valence-electron chi connectivity index (χ2n) is 9.90. The van der Waals surface area contributed by atoms with Gasteiger partial charge < -0.3 is 20.9 Å². The molecule has 3 aliphatic rings. The molecule has 1 aromatic carbocycles. The maximum Gasteiger partial charge on any atom is 0.354 e. The van der Waals surface area contributed by atoms with Crippen molar-refractivity contribution in [2.24, 2.45) is 11.1 Å². The Bertz CT molecular complexity index is 1050. The van der Waals surface area contributed by atoms with Gasteiger partial charge in [0, 0.05) is 45.0 Å². The minimum Gasteiger partial charge on any atom is -0.327 e. The molecule has 2 amide bonds. The van der Waals surface area contributed by atoms with Crippen molar-refractivity contribution in [3.05, 3.63) is 52.6 Å². The minimum atomic E-state index is -0.415. The molecular weight excluding hydrogens is 430 g/mol. The van der Waals surface area contributed by atoms with E-state index in [9.17, 15) is 9.59 Å². The molecule has 34 heavy (non-hydrogen) atoms. The van der Waals surface area contributed by atoms with Crippen LogP contribution in [-0.4, -0.2) is 77.2 Å². The fourth-order valence-corrected chi connectivity index (χ4v) is 5.40. The summed E-state index contributed by atoms with van der Waals surface area (Å²) in [4.78, 5) is 33.2. The number of anilines is 1. The van der Waals surface area contributed by atoms with Crippen LogP contribution >= 0.6 is 0 Å². The number of nitrogens with two attached hydrogens (primary N) is 1. The summed E-state index contributed by atoms with van der Waals surface area (Å²) in [6.45, 7) is 6.16. The summed E-state index contributed by atoms with van der Waals surface area (Å²) in [6.07, 6.45) is 7.61. The third-order valence-electron chi connectivity index (χ3n) is 7.97. The highest BCUT2D eigenvalue weighted by atomic mass is 16.2. The molecule has 5 rings (SSSR count). The summed E-state index contributed by atoms with van der Waals surface area (Å²) >= 11 is 0. The fourth-order valence-electron chi connectivity index (χ4n) is 5.40. The van der Waals surface area contributed by atoms with Gasteiger partial charge in [0.05, 0.1) is 5.69 Å². The molecule has 1 aliphatic carbocycles. The van der Waals surface area contributed by atoms with E-state index in [-0.39, 0.29) is 11.8 Å². The van der Waals surface area contributed by atoms with E-state index in [1.165, 1.54) is 35.8 Å². The lowest BCUT2D eigenvalue weighted by Crippen LogP contribution is -2.56. The molecule has 3 fully saturated rings. The highest BCUT2D eigenvalue weighted by Gasteiger charge is 2.45. The number of nitrogens with one attached hydrogen (secondary N) is 2.